The Kier molecular flexibility index (Phi) is 4.55. The third-order valence-corrected chi connectivity index (χ3v) is 3.92. The van der Waals surface area contributed by atoms with Crippen molar-refractivity contribution in [3.63, 3.8) is 0 Å². The van der Waals surface area contributed by atoms with E-state index < -0.39 is 0 Å². The molecular formula is C15H18BrN5. The van der Waals surface area contributed by atoms with E-state index in [1.165, 1.54) is 6.42 Å². The minimum absolute atomic E-state index is 0.593. The molecule has 0 atom stereocenters. The van der Waals surface area contributed by atoms with Crippen LogP contribution < -0.4 is 16.0 Å². The SMILES string of the molecule is Brc1cnc2nc1NCCCCCNc1cccc(c1)N2. The Bertz CT molecular complexity index is 617. The molecule has 3 rings (SSSR count). The third kappa shape index (κ3) is 3.85. The lowest BCUT2D eigenvalue weighted by molar-refractivity contribution is 0.719. The van der Waals surface area contributed by atoms with Gasteiger partial charge >= 0.3 is 0 Å². The average molecular weight is 348 g/mol. The highest BCUT2D eigenvalue weighted by Gasteiger charge is 2.06. The number of benzene rings is 1. The molecule has 0 fully saturated rings. The van der Waals surface area contributed by atoms with E-state index in [4.69, 9.17) is 0 Å². The standard InChI is InChI=1S/C15H18BrN5/c16-13-10-19-15-20-12-6-4-5-11(9-12)17-7-2-1-3-8-18-14(13)21-15/h4-6,9-10,17H,1-3,7-8H2,(H2,18,19,20,21). The molecule has 0 amide bonds. The van der Waals surface area contributed by atoms with Gasteiger partial charge in [0.1, 0.15) is 5.82 Å². The average Bonchev–Trinajstić information content (AvgIpc) is 2.49. The second kappa shape index (κ2) is 6.76. The summed E-state index contributed by atoms with van der Waals surface area (Å²) >= 11 is 3.48. The Morgan fingerprint density at radius 1 is 1.00 bits per heavy atom. The van der Waals surface area contributed by atoms with Crippen LogP contribution in [0, 0.1) is 0 Å². The van der Waals surface area contributed by atoms with Gasteiger partial charge in [0.25, 0.3) is 0 Å². The minimum Gasteiger partial charge on any atom is -0.385 e. The lowest BCUT2D eigenvalue weighted by Crippen LogP contribution is -2.09. The van der Waals surface area contributed by atoms with Crippen molar-refractivity contribution in [3.8, 4) is 0 Å². The maximum Gasteiger partial charge on any atom is 0.229 e. The molecule has 0 radical (unpaired) electrons. The smallest absolute Gasteiger partial charge is 0.229 e. The van der Waals surface area contributed by atoms with Gasteiger partial charge in [-0.25, -0.2) is 4.98 Å². The van der Waals surface area contributed by atoms with Gasteiger partial charge in [-0.2, -0.15) is 4.98 Å². The van der Waals surface area contributed by atoms with E-state index in [9.17, 15) is 0 Å². The first-order valence-corrected chi connectivity index (χ1v) is 7.98. The summed E-state index contributed by atoms with van der Waals surface area (Å²) in [5.74, 6) is 1.42. The van der Waals surface area contributed by atoms with Crippen molar-refractivity contribution in [1.82, 2.24) is 9.97 Å². The Balaban J connectivity index is 1.88. The lowest BCUT2D eigenvalue weighted by atomic mass is 10.2. The van der Waals surface area contributed by atoms with Gasteiger partial charge in [-0.3, -0.25) is 0 Å². The molecule has 1 aliphatic rings. The highest BCUT2D eigenvalue weighted by atomic mass is 79.9. The molecule has 5 nitrogen and oxygen atoms in total. The first-order chi connectivity index (χ1) is 10.3. The fourth-order valence-electron chi connectivity index (χ4n) is 2.25. The molecule has 2 heterocycles. The Morgan fingerprint density at radius 3 is 2.71 bits per heavy atom. The van der Waals surface area contributed by atoms with E-state index in [1.54, 1.807) is 6.20 Å². The predicted octanol–water partition coefficient (Wildman–Crippen LogP) is 3.99. The predicted molar refractivity (Wildman–Crippen MR) is 90.3 cm³/mol. The van der Waals surface area contributed by atoms with E-state index in [1.807, 2.05) is 12.1 Å². The number of hydrogen-bond acceptors (Lipinski definition) is 5. The van der Waals surface area contributed by atoms with Crippen LogP contribution in [0.5, 0.6) is 0 Å². The number of halogens is 1. The van der Waals surface area contributed by atoms with Crippen LogP contribution >= 0.6 is 15.9 Å². The maximum atomic E-state index is 4.51. The van der Waals surface area contributed by atoms with Crippen LogP contribution in [0.1, 0.15) is 19.3 Å². The summed E-state index contributed by atoms with van der Waals surface area (Å²) < 4.78 is 0.885. The van der Waals surface area contributed by atoms with Crippen LogP contribution in [0.4, 0.5) is 23.1 Å². The summed E-state index contributed by atoms with van der Waals surface area (Å²) in [5, 5.41) is 10.0. The number of nitrogens with zero attached hydrogens (tertiary/aromatic N) is 2. The number of rotatable bonds is 0. The van der Waals surface area contributed by atoms with E-state index in [0.29, 0.717) is 5.95 Å². The molecule has 21 heavy (non-hydrogen) atoms. The molecule has 0 unspecified atom stereocenters. The van der Waals surface area contributed by atoms with Crippen LogP contribution in [0.15, 0.2) is 34.9 Å². The maximum absolute atomic E-state index is 4.51. The third-order valence-electron chi connectivity index (χ3n) is 3.34. The molecule has 0 spiro atoms. The fraction of sp³-hybridized carbons (Fsp3) is 0.333. The number of fused-ring (bicyclic) bond motifs is 4. The minimum atomic E-state index is 0.593. The summed E-state index contributed by atoms with van der Waals surface area (Å²) in [7, 11) is 0. The van der Waals surface area contributed by atoms with Gasteiger partial charge in [-0.15, -0.1) is 0 Å². The summed E-state index contributed by atoms with van der Waals surface area (Å²) in [6.07, 6.45) is 5.25. The Hall–Kier alpha value is -1.82. The Labute approximate surface area is 132 Å². The topological polar surface area (TPSA) is 61.9 Å². The summed E-state index contributed by atoms with van der Waals surface area (Å²) in [4.78, 5) is 8.81. The van der Waals surface area contributed by atoms with Crippen molar-refractivity contribution in [2.24, 2.45) is 0 Å². The van der Waals surface area contributed by atoms with Crippen molar-refractivity contribution in [3.05, 3.63) is 34.9 Å². The van der Waals surface area contributed by atoms with Crippen molar-refractivity contribution in [2.45, 2.75) is 19.3 Å². The summed E-state index contributed by atoms with van der Waals surface area (Å²) in [6, 6.07) is 8.18. The first-order valence-electron chi connectivity index (χ1n) is 7.19. The van der Waals surface area contributed by atoms with Crippen LogP contribution in [-0.2, 0) is 0 Å². The Morgan fingerprint density at radius 2 is 1.81 bits per heavy atom. The molecular weight excluding hydrogens is 330 g/mol. The van der Waals surface area contributed by atoms with Gasteiger partial charge in [0, 0.05) is 30.7 Å². The van der Waals surface area contributed by atoms with Crippen LogP contribution in [0.2, 0.25) is 0 Å². The van der Waals surface area contributed by atoms with Gasteiger partial charge in [-0.1, -0.05) is 6.07 Å². The van der Waals surface area contributed by atoms with E-state index in [0.717, 1.165) is 47.6 Å². The van der Waals surface area contributed by atoms with Crippen molar-refractivity contribution in [2.75, 3.05) is 29.0 Å². The molecule has 1 aromatic carbocycles. The zero-order valence-corrected chi connectivity index (χ0v) is 13.3. The summed E-state index contributed by atoms with van der Waals surface area (Å²) in [5.41, 5.74) is 2.10. The first kappa shape index (κ1) is 14.1. The van der Waals surface area contributed by atoms with Gasteiger partial charge in [-0.05, 0) is 53.4 Å². The molecule has 1 aliphatic heterocycles. The van der Waals surface area contributed by atoms with E-state index in [2.05, 4.69) is 54.0 Å². The zero-order valence-electron chi connectivity index (χ0n) is 11.7. The highest BCUT2D eigenvalue weighted by molar-refractivity contribution is 9.10. The number of hydrogen-bond donors (Lipinski definition) is 3. The van der Waals surface area contributed by atoms with E-state index in [-0.39, 0.29) is 0 Å². The fourth-order valence-corrected chi connectivity index (χ4v) is 2.58. The normalized spacial score (nSPS) is 15.1. The van der Waals surface area contributed by atoms with Crippen LogP contribution in [0.3, 0.4) is 0 Å². The molecule has 3 N–H and O–H groups in total. The quantitative estimate of drug-likeness (QED) is 0.672. The monoisotopic (exact) mass is 347 g/mol. The van der Waals surface area contributed by atoms with Gasteiger partial charge < -0.3 is 16.0 Å². The molecule has 0 aliphatic carbocycles. The van der Waals surface area contributed by atoms with Crippen LogP contribution in [-0.4, -0.2) is 23.1 Å². The lowest BCUT2D eigenvalue weighted by Gasteiger charge is -2.13. The van der Waals surface area contributed by atoms with Gasteiger partial charge in [0.2, 0.25) is 5.95 Å². The molecule has 2 aromatic rings. The summed E-state index contributed by atoms with van der Waals surface area (Å²) in [6.45, 7) is 1.91. The molecule has 4 bridgehead atoms. The van der Waals surface area contributed by atoms with Crippen molar-refractivity contribution in [1.29, 1.82) is 0 Å². The second-order valence-corrected chi connectivity index (χ2v) is 5.86. The van der Waals surface area contributed by atoms with Crippen LogP contribution in [0.25, 0.3) is 0 Å². The highest BCUT2D eigenvalue weighted by Crippen LogP contribution is 2.23. The number of nitrogens with one attached hydrogen (secondary N) is 3. The van der Waals surface area contributed by atoms with E-state index >= 15 is 0 Å². The second-order valence-electron chi connectivity index (χ2n) is 5.01. The van der Waals surface area contributed by atoms with Crippen molar-refractivity contribution < 1.29 is 0 Å². The van der Waals surface area contributed by atoms with Gasteiger partial charge in [0.15, 0.2) is 0 Å². The van der Waals surface area contributed by atoms with Gasteiger partial charge in [0.05, 0.1) is 4.47 Å². The molecule has 6 heteroatoms. The zero-order chi connectivity index (χ0) is 14.5. The molecule has 1 aromatic heterocycles. The molecule has 0 saturated carbocycles. The number of anilines is 4. The molecule has 0 saturated heterocycles. The largest absolute Gasteiger partial charge is 0.385 e. The molecule has 110 valence electrons. The van der Waals surface area contributed by atoms with Crippen molar-refractivity contribution >= 4 is 39.1 Å². The number of aromatic nitrogens is 2.